The van der Waals surface area contributed by atoms with Gasteiger partial charge in [0.15, 0.2) is 0 Å². The van der Waals surface area contributed by atoms with Crippen molar-refractivity contribution in [1.82, 2.24) is 4.90 Å². The lowest BCUT2D eigenvalue weighted by Crippen LogP contribution is -2.38. The number of rotatable bonds is 4. The van der Waals surface area contributed by atoms with Gasteiger partial charge in [-0.05, 0) is 24.7 Å². The molecule has 1 amide bonds. The van der Waals surface area contributed by atoms with Gasteiger partial charge in [-0.1, -0.05) is 20.8 Å². The van der Waals surface area contributed by atoms with Crippen molar-refractivity contribution in [3.63, 3.8) is 0 Å². The molecule has 0 N–H and O–H groups in total. The van der Waals surface area contributed by atoms with E-state index in [0.717, 1.165) is 19.4 Å². The monoisotopic (exact) mass is 231 g/mol. The van der Waals surface area contributed by atoms with E-state index in [-0.39, 0.29) is 6.04 Å². The van der Waals surface area contributed by atoms with E-state index in [1.54, 1.807) is 0 Å². The number of likely N-dealkylation sites (tertiary alicyclic amines) is 1. The van der Waals surface area contributed by atoms with Crippen LogP contribution in [0.1, 0.15) is 40.0 Å². The number of carbonyl (C=O) groups is 1. The average Bonchev–Trinajstić information content (AvgIpc) is 2.55. The topological polar surface area (TPSA) is 20.3 Å². The molecule has 1 saturated heterocycles. The van der Waals surface area contributed by atoms with Crippen LogP contribution >= 0.6 is 11.6 Å². The molecule has 15 heavy (non-hydrogen) atoms. The highest BCUT2D eigenvalue weighted by atomic mass is 35.5. The summed E-state index contributed by atoms with van der Waals surface area (Å²) in [6, 6.07) is 0.270. The van der Waals surface area contributed by atoms with Crippen LogP contribution in [0.2, 0.25) is 0 Å². The minimum atomic E-state index is 0.270. The predicted molar refractivity (Wildman–Crippen MR) is 64.1 cm³/mol. The third kappa shape index (κ3) is 3.37. The SMILES string of the molecule is CC(C)CCC(=O)N1CCC(C)C1CCl. The average molecular weight is 232 g/mol. The maximum Gasteiger partial charge on any atom is 0.222 e. The van der Waals surface area contributed by atoms with E-state index in [0.29, 0.717) is 30.0 Å². The van der Waals surface area contributed by atoms with E-state index in [1.165, 1.54) is 0 Å². The molecule has 2 atom stereocenters. The molecule has 0 aliphatic carbocycles. The van der Waals surface area contributed by atoms with Crippen molar-refractivity contribution >= 4 is 17.5 Å². The van der Waals surface area contributed by atoms with Gasteiger partial charge in [0, 0.05) is 24.9 Å². The van der Waals surface area contributed by atoms with Gasteiger partial charge in [-0.25, -0.2) is 0 Å². The molecule has 1 aliphatic heterocycles. The smallest absolute Gasteiger partial charge is 0.222 e. The molecule has 1 fully saturated rings. The standard InChI is InChI=1S/C12H22ClNO/c1-9(2)4-5-12(15)14-7-6-10(3)11(14)8-13/h9-11H,4-8H2,1-3H3. The number of alkyl halides is 1. The summed E-state index contributed by atoms with van der Waals surface area (Å²) in [6.45, 7) is 7.39. The van der Waals surface area contributed by atoms with Crippen molar-refractivity contribution in [2.75, 3.05) is 12.4 Å². The van der Waals surface area contributed by atoms with Gasteiger partial charge in [0.2, 0.25) is 5.91 Å². The van der Waals surface area contributed by atoms with E-state index < -0.39 is 0 Å². The lowest BCUT2D eigenvalue weighted by molar-refractivity contribution is -0.132. The number of nitrogens with zero attached hydrogens (tertiary/aromatic N) is 1. The molecule has 0 spiro atoms. The van der Waals surface area contributed by atoms with Gasteiger partial charge in [0.05, 0.1) is 0 Å². The van der Waals surface area contributed by atoms with Crippen LogP contribution in [0, 0.1) is 11.8 Å². The largest absolute Gasteiger partial charge is 0.338 e. The lowest BCUT2D eigenvalue weighted by Gasteiger charge is -2.25. The quantitative estimate of drug-likeness (QED) is 0.682. The Bertz CT molecular complexity index is 218. The van der Waals surface area contributed by atoms with Crippen LogP contribution in [-0.2, 0) is 4.79 Å². The van der Waals surface area contributed by atoms with Crippen LogP contribution < -0.4 is 0 Å². The van der Waals surface area contributed by atoms with Gasteiger partial charge >= 0.3 is 0 Å². The van der Waals surface area contributed by atoms with Crippen molar-refractivity contribution in [2.24, 2.45) is 11.8 Å². The molecular weight excluding hydrogens is 210 g/mol. The summed E-state index contributed by atoms with van der Waals surface area (Å²) in [6.07, 6.45) is 2.77. The summed E-state index contributed by atoms with van der Waals surface area (Å²) in [5.74, 6) is 2.03. The van der Waals surface area contributed by atoms with Gasteiger partial charge < -0.3 is 4.90 Å². The molecular formula is C12H22ClNO. The minimum absolute atomic E-state index is 0.270. The third-order valence-corrected chi connectivity index (χ3v) is 3.61. The highest BCUT2D eigenvalue weighted by Crippen LogP contribution is 2.25. The molecule has 3 heteroatoms. The summed E-state index contributed by atoms with van der Waals surface area (Å²) in [7, 11) is 0. The molecule has 2 nitrogen and oxygen atoms in total. The van der Waals surface area contributed by atoms with Crippen LogP contribution in [0.3, 0.4) is 0 Å². The number of amides is 1. The highest BCUT2D eigenvalue weighted by molar-refractivity contribution is 6.18. The molecule has 0 bridgehead atoms. The van der Waals surface area contributed by atoms with Crippen molar-refractivity contribution in [2.45, 2.75) is 46.1 Å². The Kier molecular flexibility index (Phi) is 4.91. The molecule has 1 rings (SSSR count). The van der Waals surface area contributed by atoms with Crippen molar-refractivity contribution < 1.29 is 4.79 Å². The van der Waals surface area contributed by atoms with Crippen molar-refractivity contribution in [3.05, 3.63) is 0 Å². The second-order valence-electron chi connectivity index (χ2n) is 5.01. The Hall–Kier alpha value is -0.240. The maximum atomic E-state index is 11.9. The van der Waals surface area contributed by atoms with Crippen molar-refractivity contribution in [3.8, 4) is 0 Å². The fourth-order valence-electron chi connectivity index (χ4n) is 2.11. The van der Waals surface area contributed by atoms with E-state index in [1.807, 2.05) is 4.90 Å². The van der Waals surface area contributed by atoms with Crippen molar-refractivity contribution in [1.29, 1.82) is 0 Å². The van der Waals surface area contributed by atoms with Crippen LogP contribution in [0.4, 0.5) is 0 Å². The van der Waals surface area contributed by atoms with E-state index in [2.05, 4.69) is 20.8 Å². The summed E-state index contributed by atoms with van der Waals surface area (Å²) >= 11 is 5.91. The van der Waals surface area contributed by atoms with E-state index >= 15 is 0 Å². The van der Waals surface area contributed by atoms with Crippen LogP contribution in [0.5, 0.6) is 0 Å². The normalized spacial score (nSPS) is 26.3. The van der Waals surface area contributed by atoms with Crippen LogP contribution in [-0.4, -0.2) is 29.3 Å². The van der Waals surface area contributed by atoms with Gasteiger partial charge in [-0.3, -0.25) is 4.79 Å². The summed E-state index contributed by atoms with van der Waals surface area (Å²) in [5.41, 5.74) is 0. The van der Waals surface area contributed by atoms with Gasteiger partial charge in [-0.2, -0.15) is 0 Å². The molecule has 1 heterocycles. The molecule has 0 aromatic carbocycles. The van der Waals surface area contributed by atoms with E-state index in [9.17, 15) is 4.79 Å². The lowest BCUT2D eigenvalue weighted by atomic mass is 10.0. The fraction of sp³-hybridized carbons (Fsp3) is 0.917. The summed E-state index contributed by atoms with van der Waals surface area (Å²) in [4.78, 5) is 13.9. The highest BCUT2D eigenvalue weighted by Gasteiger charge is 2.33. The van der Waals surface area contributed by atoms with Gasteiger partial charge in [-0.15, -0.1) is 11.6 Å². The fourth-order valence-corrected chi connectivity index (χ4v) is 2.58. The number of hydrogen-bond acceptors (Lipinski definition) is 1. The first-order valence-electron chi connectivity index (χ1n) is 5.91. The van der Waals surface area contributed by atoms with Gasteiger partial charge in [0.1, 0.15) is 0 Å². The second-order valence-corrected chi connectivity index (χ2v) is 5.32. The van der Waals surface area contributed by atoms with Gasteiger partial charge in [0.25, 0.3) is 0 Å². The Morgan fingerprint density at radius 1 is 1.53 bits per heavy atom. The second kappa shape index (κ2) is 5.74. The van der Waals surface area contributed by atoms with Crippen LogP contribution in [0.25, 0.3) is 0 Å². The number of halogens is 1. The third-order valence-electron chi connectivity index (χ3n) is 3.30. The molecule has 1 aliphatic rings. The Balaban J connectivity index is 2.45. The predicted octanol–water partition coefficient (Wildman–Crippen LogP) is 2.90. The van der Waals surface area contributed by atoms with E-state index in [4.69, 9.17) is 11.6 Å². The zero-order chi connectivity index (χ0) is 11.4. The molecule has 0 aromatic heterocycles. The minimum Gasteiger partial charge on any atom is -0.338 e. The Labute approximate surface area is 98.0 Å². The Morgan fingerprint density at radius 2 is 2.20 bits per heavy atom. The zero-order valence-corrected chi connectivity index (χ0v) is 10.8. The molecule has 88 valence electrons. The number of carbonyl (C=O) groups excluding carboxylic acids is 1. The zero-order valence-electron chi connectivity index (χ0n) is 10.0. The first-order chi connectivity index (χ1) is 7.06. The number of hydrogen-bond donors (Lipinski definition) is 0. The Morgan fingerprint density at radius 3 is 2.73 bits per heavy atom. The molecule has 0 aromatic rings. The summed E-state index contributed by atoms with van der Waals surface area (Å²) < 4.78 is 0. The molecule has 2 unspecified atom stereocenters. The first-order valence-corrected chi connectivity index (χ1v) is 6.45. The molecule has 0 saturated carbocycles. The van der Waals surface area contributed by atoms with Crippen LogP contribution in [0.15, 0.2) is 0 Å². The molecule has 0 radical (unpaired) electrons. The first kappa shape index (κ1) is 12.8. The maximum absolute atomic E-state index is 11.9. The summed E-state index contributed by atoms with van der Waals surface area (Å²) in [5, 5.41) is 0.